The van der Waals surface area contributed by atoms with Crippen molar-refractivity contribution in [1.82, 2.24) is 10.6 Å². The van der Waals surface area contributed by atoms with E-state index in [1.165, 1.54) is 0 Å². The number of benzene rings is 2. The van der Waals surface area contributed by atoms with Gasteiger partial charge in [-0.25, -0.2) is 0 Å². The first-order valence-electron chi connectivity index (χ1n) is 10.8. The maximum absolute atomic E-state index is 11.7. The molecule has 0 aromatic heterocycles. The molecule has 2 heterocycles. The molecule has 4 rings (SSSR count). The van der Waals surface area contributed by atoms with Crippen molar-refractivity contribution in [2.75, 3.05) is 31.1 Å². The van der Waals surface area contributed by atoms with Gasteiger partial charge in [-0.2, -0.15) is 0 Å². The van der Waals surface area contributed by atoms with E-state index in [9.17, 15) is 14.7 Å². The van der Waals surface area contributed by atoms with Crippen LogP contribution in [0.4, 0.5) is 10.5 Å². The van der Waals surface area contributed by atoms with E-state index in [4.69, 9.17) is 4.74 Å². The number of carbonyl (C=O) groups is 2. The number of ether oxygens (including phenoxy) is 1. The Kier molecular flexibility index (Phi) is 7.47. The highest BCUT2D eigenvalue weighted by atomic mass is 32.2. The summed E-state index contributed by atoms with van der Waals surface area (Å²) in [5, 5.41) is 15.6. The van der Waals surface area contributed by atoms with Crippen LogP contribution in [0.3, 0.4) is 0 Å². The fourth-order valence-corrected chi connectivity index (χ4v) is 4.45. The molecule has 2 aromatic rings. The van der Waals surface area contributed by atoms with Crippen LogP contribution in [0.5, 0.6) is 5.75 Å². The second-order valence-electron chi connectivity index (χ2n) is 7.89. The van der Waals surface area contributed by atoms with Crippen molar-refractivity contribution in [2.24, 2.45) is 0 Å². The first-order valence-corrected chi connectivity index (χ1v) is 11.6. The van der Waals surface area contributed by atoms with Crippen molar-refractivity contribution < 1.29 is 19.4 Å². The first-order chi connectivity index (χ1) is 15.6. The smallest absolute Gasteiger partial charge is 0.290 e. The highest BCUT2D eigenvalue weighted by molar-refractivity contribution is 8.18. The van der Waals surface area contributed by atoms with Crippen LogP contribution < -0.4 is 20.3 Å². The van der Waals surface area contributed by atoms with Gasteiger partial charge in [0.25, 0.3) is 11.1 Å². The molecule has 0 aliphatic carbocycles. The van der Waals surface area contributed by atoms with E-state index in [0.717, 1.165) is 54.7 Å². The first kappa shape index (κ1) is 22.4. The van der Waals surface area contributed by atoms with Gasteiger partial charge in [0.1, 0.15) is 18.5 Å². The molecule has 32 heavy (non-hydrogen) atoms. The Bertz CT molecular complexity index is 957. The highest BCUT2D eigenvalue weighted by Gasteiger charge is 2.25. The van der Waals surface area contributed by atoms with Gasteiger partial charge in [-0.15, -0.1) is 0 Å². The molecular weight excluding hydrogens is 426 g/mol. The summed E-state index contributed by atoms with van der Waals surface area (Å²) in [4.78, 5) is 25.7. The zero-order valence-electron chi connectivity index (χ0n) is 17.7. The van der Waals surface area contributed by atoms with Gasteiger partial charge in [0.15, 0.2) is 0 Å². The van der Waals surface area contributed by atoms with E-state index >= 15 is 0 Å². The number of hydrogen-bond acceptors (Lipinski definition) is 7. The molecule has 2 aromatic carbocycles. The molecule has 3 N–H and O–H groups in total. The molecule has 0 unspecified atom stereocenters. The molecule has 168 valence electrons. The van der Waals surface area contributed by atoms with Crippen molar-refractivity contribution in [3.63, 3.8) is 0 Å². The van der Waals surface area contributed by atoms with Gasteiger partial charge in [0.05, 0.1) is 4.91 Å². The highest BCUT2D eigenvalue weighted by Crippen LogP contribution is 2.27. The van der Waals surface area contributed by atoms with Gasteiger partial charge in [-0.3, -0.25) is 14.9 Å². The lowest BCUT2D eigenvalue weighted by Gasteiger charge is -2.34. The molecule has 2 aliphatic rings. The van der Waals surface area contributed by atoms with Gasteiger partial charge in [-0.05, 0) is 60.5 Å². The Morgan fingerprint density at radius 1 is 1.12 bits per heavy atom. The summed E-state index contributed by atoms with van der Waals surface area (Å²) in [6.07, 6.45) is 3.18. The van der Waals surface area contributed by atoms with Crippen molar-refractivity contribution in [1.29, 1.82) is 0 Å². The molecule has 0 spiro atoms. The number of imide groups is 1. The zero-order valence-corrected chi connectivity index (χ0v) is 18.5. The van der Waals surface area contributed by atoms with Gasteiger partial charge < -0.3 is 20.1 Å². The third-order valence-electron chi connectivity index (χ3n) is 5.52. The van der Waals surface area contributed by atoms with Gasteiger partial charge in [-0.1, -0.05) is 30.3 Å². The lowest BCUT2D eigenvalue weighted by Crippen LogP contribution is -2.45. The molecular formula is C24H27N3O4S. The van der Waals surface area contributed by atoms with Gasteiger partial charge >= 0.3 is 0 Å². The van der Waals surface area contributed by atoms with Crippen LogP contribution >= 0.6 is 11.8 Å². The Hall–Kier alpha value is -2.81. The molecule has 2 amide bonds. The van der Waals surface area contributed by atoms with Crippen LogP contribution in [0.25, 0.3) is 6.08 Å². The molecule has 2 fully saturated rings. The molecule has 0 saturated carbocycles. The maximum Gasteiger partial charge on any atom is 0.290 e. The summed E-state index contributed by atoms with van der Waals surface area (Å²) < 4.78 is 5.60. The average molecular weight is 454 g/mol. The number of carbonyl (C=O) groups excluding carboxylic acids is 2. The van der Waals surface area contributed by atoms with E-state index in [-0.39, 0.29) is 17.8 Å². The van der Waals surface area contributed by atoms with Crippen molar-refractivity contribution in [3.8, 4) is 5.75 Å². The molecule has 1 atom stereocenters. The average Bonchev–Trinajstić information content (AvgIpc) is 3.14. The van der Waals surface area contributed by atoms with Gasteiger partial charge in [0.2, 0.25) is 0 Å². The topological polar surface area (TPSA) is 90.9 Å². The number of hydrogen-bond donors (Lipinski definition) is 3. The maximum atomic E-state index is 11.7. The Morgan fingerprint density at radius 3 is 2.50 bits per heavy atom. The number of aliphatic hydroxyl groups is 1. The van der Waals surface area contributed by atoms with Crippen LogP contribution in [0.15, 0.2) is 59.5 Å². The minimum absolute atomic E-state index is 0.271. The summed E-state index contributed by atoms with van der Waals surface area (Å²) in [5.41, 5.74) is 2.03. The standard InChI is InChI=1S/C24H27N3O4S/c28-20(16-31-21-4-2-1-3-5-21)15-25-18-10-12-27(13-11-18)19-8-6-17(7-9-19)14-22-23(29)26-24(30)32-22/h1-9,14,18,20,25,28H,10-13,15-16H2,(H,26,29,30)/t20-/m0/s1. The Morgan fingerprint density at radius 2 is 1.84 bits per heavy atom. The second kappa shape index (κ2) is 10.7. The summed E-state index contributed by atoms with van der Waals surface area (Å²) in [7, 11) is 0. The van der Waals surface area contributed by atoms with Crippen LogP contribution in [-0.2, 0) is 4.79 Å². The normalized spacial score (nSPS) is 19.3. The molecule has 0 radical (unpaired) electrons. The lowest BCUT2D eigenvalue weighted by molar-refractivity contribution is -0.115. The number of piperidine rings is 1. The minimum atomic E-state index is -0.551. The predicted octanol–water partition coefficient (Wildman–Crippen LogP) is 3.01. The monoisotopic (exact) mass is 453 g/mol. The summed E-state index contributed by atoms with van der Waals surface area (Å²) in [6, 6.07) is 17.9. The summed E-state index contributed by atoms with van der Waals surface area (Å²) in [6.45, 7) is 2.64. The number of para-hydroxylation sites is 1. The minimum Gasteiger partial charge on any atom is -0.491 e. The summed E-state index contributed by atoms with van der Waals surface area (Å²) in [5.74, 6) is 0.427. The molecule has 2 aliphatic heterocycles. The van der Waals surface area contributed by atoms with Crippen molar-refractivity contribution in [2.45, 2.75) is 25.0 Å². The van der Waals surface area contributed by atoms with E-state index in [1.807, 2.05) is 54.6 Å². The van der Waals surface area contributed by atoms with Crippen molar-refractivity contribution >= 4 is 34.7 Å². The second-order valence-corrected chi connectivity index (χ2v) is 8.91. The van der Waals surface area contributed by atoms with Crippen molar-refractivity contribution in [3.05, 3.63) is 65.1 Å². The van der Waals surface area contributed by atoms with Crippen LogP contribution in [-0.4, -0.2) is 54.6 Å². The number of rotatable bonds is 8. The molecule has 2 saturated heterocycles. The fraction of sp³-hybridized carbons (Fsp3) is 0.333. The van der Waals surface area contributed by atoms with E-state index in [2.05, 4.69) is 15.5 Å². The number of amides is 2. The SMILES string of the molecule is O=C1NC(=O)C(=Cc2ccc(N3CCC(NC[C@H](O)COc4ccccc4)CC3)cc2)S1. The number of aliphatic hydroxyl groups excluding tert-OH is 1. The predicted molar refractivity (Wildman–Crippen MR) is 127 cm³/mol. The zero-order chi connectivity index (χ0) is 22.3. The molecule has 7 nitrogen and oxygen atoms in total. The van der Waals surface area contributed by atoms with Crippen LogP contribution in [0.2, 0.25) is 0 Å². The third kappa shape index (κ3) is 6.12. The third-order valence-corrected chi connectivity index (χ3v) is 6.33. The number of anilines is 1. The molecule has 8 heteroatoms. The number of thioether (sulfide) groups is 1. The fourth-order valence-electron chi connectivity index (χ4n) is 3.77. The van der Waals surface area contributed by atoms with Gasteiger partial charge in [0, 0.05) is 31.4 Å². The van der Waals surface area contributed by atoms with E-state index in [1.54, 1.807) is 6.08 Å². The van der Waals surface area contributed by atoms with E-state index in [0.29, 0.717) is 17.5 Å². The Balaban J connectivity index is 1.19. The largest absolute Gasteiger partial charge is 0.491 e. The lowest BCUT2D eigenvalue weighted by atomic mass is 10.0. The van der Waals surface area contributed by atoms with Crippen LogP contribution in [0, 0.1) is 0 Å². The molecule has 0 bridgehead atoms. The summed E-state index contributed by atoms with van der Waals surface area (Å²) >= 11 is 0.928. The van der Waals surface area contributed by atoms with E-state index < -0.39 is 6.10 Å². The number of nitrogens with zero attached hydrogens (tertiary/aromatic N) is 1. The Labute approximate surface area is 191 Å². The number of nitrogens with one attached hydrogen (secondary N) is 2. The quantitative estimate of drug-likeness (QED) is 0.529. The van der Waals surface area contributed by atoms with Crippen LogP contribution in [0.1, 0.15) is 18.4 Å².